The Morgan fingerprint density at radius 3 is 2.33 bits per heavy atom. The normalized spacial score (nSPS) is 18.2. The number of piperidine rings is 1. The Morgan fingerprint density at radius 1 is 1.17 bits per heavy atom. The third kappa shape index (κ3) is 3.91. The maximum absolute atomic E-state index is 12.5. The van der Waals surface area contributed by atoms with E-state index in [4.69, 9.17) is 5.73 Å². The smallest absolute Gasteiger partial charge is 0.326 e. The van der Waals surface area contributed by atoms with Gasteiger partial charge in [-0.2, -0.15) is 0 Å². The molecule has 1 fully saturated rings. The molecule has 0 aliphatic carbocycles. The summed E-state index contributed by atoms with van der Waals surface area (Å²) < 4.78 is 23.8. The SMILES string of the molecule is NC(=O)CS(=O)(=O)c1ccc(C(=O)N2CCCCC2C(=O)O)cc1. The van der Waals surface area contributed by atoms with Crippen molar-refractivity contribution in [2.45, 2.75) is 30.2 Å². The number of sulfone groups is 1. The van der Waals surface area contributed by atoms with Crippen LogP contribution in [0.15, 0.2) is 29.2 Å². The molecule has 3 N–H and O–H groups in total. The molecule has 0 saturated carbocycles. The van der Waals surface area contributed by atoms with Crippen molar-refractivity contribution in [1.82, 2.24) is 4.90 Å². The molecule has 1 aliphatic rings. The summed E-state index contributed by atoms with van der Waals surface area (Å²) in [6.07, 6.45) is 1.86. The van der Waals surface area contributed by atoms with E-state index in [1.54, 1.807) is 0 Å². The Labute approximate surface area is 139 Å². The molecule has 2 rings (SSSR count). The Morgan fingerprint density at radius 2 is 1.79 bits per heavy atom. The lowest BCUT2D eigenvalue weighted by molar-refractivity contribution is -0.143. The molecule has 1 aliphatic heterocycles. The number of aliphatic carboxylic acids is 1. The fraction of sp³-hybridized carbons (Fsp3) is 0.400. The third-order valence-electron chi connectivity index (χ3n) is 3.84. The number of carboxylic acid groups (broad SMARTS) is 1. The van der Waals surface area contributed by atoms with Crippen LogP contribution < -0.4 is 5.73 Å². The fourth-order valence-electron chi connectivity index (χ4n) is 2.67. The maximum atomic E-state index is 12.5. The topological polar surface area (TPSA) is 135 Å². The van der Waals surface area contributed by atoms with E-state index in [1.165, 1.54) is 29.2 Å². The van der Waals surface area contributed by atoms with E-state index in [0.717, 1.165) is 12.8 Å². The van der Waals surface area contributed by atoms with Crippen molar-refractivity contribution in [3.05, 3.63) is 29.8 Å². The van der Waals surface area contributed by atoms with Crippen LogP contribution in [0.3, 0.4) is 0 Å². The van der Waals surface area contributed by atoms with Crippen LogP contribution in [0.1, 0.15) is 29.6 Å². The zero-order chi connectivity index (χ0) is 17.9. The van der Waals surface area contributed by atoms with Crippen LogP contribution in [-0.4, -0.2) is 54.5 Å². The van der Waals surface area contributed by atoms with E-state index in [9.17, 15) is 27.9 Å². The van der Waals surface area contributed by atoms with Crippen LogP contribution in [0.2, 0.25) is 0 Å². The predicted molar refractivity (Wildman–Crippen MR) is 84.0 cm³/mol. The number of likely N-dealkylation sites (tertiary alicyclic amines) is 1. The molecule has 1 aromatic carbocycles. The number of hydrogen-bond acceptors (Lipinski definition) is 5. The van der Waals surface area contributed by atoms with Gasteiger partial charge in [0.25, 0.3) is 5.91 Å². The van der Waals surface area contributed by atoms with Gasteiger partial charge in [0, 0.05) is 12.1 Å². The summed E-state index contributed by atoms with van der Waals surface area (Å²) in [7, 11) is -3.84. The summed E-state index contributed by atoms with van der Waals surface area (Å²) in [5.41, 5.74) is 5.10. The zero-order valence-corrected chi connectivity index (χ0v) is 13.7. The van der Waals surface area contributed by atoms with Gasteiger partial charge in [0.2, 0.25) is 5.91 Å². The number of nitrogens with two attached hydrogens (primary N) is 1. The molecule has 130 valence electrons. The first-order chi connectivity index (χ1) is 11.2. The molecule has 1 aromatic rings. The number of hydrogen-bond donors (Lipinski definition) is 2. The molecule has 1 heterocycles. The van der Waals surface area contributed by atoms with Crippen LogP contribution >= 0.6 is 0 Å². The molecule has 1 unspecified atom stereocenters. The van der Waals surface area contributed by atoms with Gasteiger partial charge in [-0.05, 0) is 43.5 Å². The van der Waals surface area contributed by atoms with E-state index >= 15 is 0 Å². The summed E-state index contributed by atoms with van der Waals surface area (Å²) in [5.74, 6) is -3.29. The van der Waals surface area contributed by atoms with Gasteiger partial charge in [0.1, 0.15) is 11.8 Å². The second-order valence-corrected chi connectivity index (χ2v) is 7.59. The first kappa shape index (κ1) is 17.9. The Kier molecular flexibility index (Phi) is 5.23. The van der Waals surface area contributed by atoms with Gasteiger partial charge >= 0.3 is 5.97 Å². The highest BCUT2D eigenvalue weighted by atomic mass is 32.2. The van der Waals surface area contributed by atoms with Gasteiger partial charge in [-0.25, -0.2) is 13.2 Å². The van der Waals surface area contributed by atoms with Crippen molar-refractivity contribution in [3.8, 4) is 0 Å². The zero-order valence-electron chi connectivity index (χ0n) is 12.8. The molecule has 1 saturated heterocycles. The summed E-state index contributed by atoms with van der Waals surface area (Å²) in [6, 6.07) is 4.17. The summed E-state index contributed by atoms with van der Waals surface area (Å²) in [5, 5.41) is 9.22. The van der Waals surface area contributed by atoms with Crippen molar-refractivity contribution in [1.29, 1.82) is 0 Å². The van der Waals surface area contributed by atoms with Gasteiger partial charge in [0.05, 0.1) is 4.90 Å². The van der Waals surface area contributed by atoms with E-state index in [1.807, 2.05) is 0 Å². The monoisotopic (exact) mass is 354 g/mol. The first-order valence-electron chi connectivity index (χ1n) is 7.37. The predicted octanol–water partition coefficient (Wildman–Crippen LogP) is 0.0249. The highest BCUT2D eigenvalue weighted by molar-refractivity contribution is 7.92. The summed E-state index contributed by atoms with van der Waals surface area (Å²) in [4.78, 5) is 35.7. The maximum Gasteiger partial charge on any atom is 0.326 e. The molecule has 1 atom stereocenters. The average Bonchev–Trinajstić information content (AvgIpc) is 2.53. The second-order valence-electron chi connectivity index (χ2n) is 5.60. The lowest BCUT2D eigenvalue weighted by Gasteiger charge is -2.33. The van der Waals surface area contributed by atoms with Crippen LogP contribution in [0.25, 0.3) is 0 Å². The van der Waals surface area contributed by atoms with Crippen molar-refractivity contribution < 1.29 is 27.9 Å². The molecule has 0 aromatic heterocycles. The van der Waals surface area contributed by atoms with E-state index in [0.29, 0.717) is 13.0 Å². The van der Waals surface area contributed by atoms with Gasteiger partial charge < -0.3 is 15.7 Å². The minimum atomic E-state index is -3.84. The molecule has 0 radical (unpaired) electrons. The Balaban J connectivity index is 2.22. The van der Waals surface area contributed by atoms with E-state index < -0.39 is 39.4 Å². The molecule has 0 spiro atoms. The van der Waals surface area contributed by atoms with Crippen molar-refractivity contribution in [2.24, 2.45) is 5.73 Å². The minimum absolute atomic E-state index is 0.119. The minimum Gasteiger partial charge on any atom is -0.480 e. The van der Waals surface area contributed by atoms with Crippen molar-refractivity contribution >= 4 is 27.6 Å². The van der Waals surface area contributed by atoms with Crippen LogP contribution in [0.5, 0.6) is 0 Å². The van der Waals surface area contributed by atoms with Gasteiger partial charge in [-0.1, -0.05) is 0 Å². The average molecular weight is 354 g/mol. The first-order valence-corrected chi connectivity index (χ1v) is 9.02. The number of benzene rings is 1. The second kappa shape index (κ2) is 7.00. The molecule has 24 heavy (non-hydrogen) atoms. The van der Waals surface area contributed by atoms with Crippen molar-refractivity contribution in [2.75, 3.05) is 12.3 Å². The number of amides is 2. The van der Waals surface area contributed by atoms with Gasteiger partial charge in [-0.3, -0.25) is 9.59 Å². The standard InChI is InChI=1S/C15H18N2O6S/c16-13(18)9-24(22,23)11-6-4-10(5-7-11)14(19)17-8-2-1-3-12(17)15(20)21/h4-7,12H,1-3,8-9H2,(H2,16,18)(H,20,21). The number of carbonyl (C=O) groups is 3. The molecular weight excluding hydrogens is 336 g/mol. The molecular formula is C15H18N2O6S. The lowest BCUT2D eigenvalue weighted by Crippen LogP contribution is -2.47. The van der Waals surface area contributed by atoms with Crippen molar-refractivity contribution in [3.63, 3.8) is 0 Å². The molecule has 9 heteroatoms. The van der Waals surface area contributed by atoms with Gasteiger partial charge in [-0.15, -0.1) is 0 Å². The highest BCUT2D eigenvalue weighted by Gasteiger charge is 2.32. The van der Waals surface area contributed by atoms with Gasteiger partial charge in [0.15, 0.2) is 9.84 Å². The largest absolute Gasteiger partial charge is 0.480 e. The fourth-order valence-corrected chi connectivity index (χ4v) is 3.76. The highest BCUT2D eigenvalue weighted by Crippen LogP contribution is 2.21. The quantitative estimate of drug-likeness (QED) is 0.765. The molecule has 2 amide bonds. The number of nitrogens with zero attached hydrogens (tertiary/aromatic N) is 1. The Hall–Kier alpha value is -2.42. The third-order valence-corrected chi connectivity index (χ3v) is 5.50. The number of primary amides is 1. The summed E-state index contributed by atoms with van der Waals surface area (Å²) in [6.45, 7) is 0.345. The number of carbonyl (C=O) groups excluding carboxylic acids is 2. The summed E-state index contributed by atoms with van der Waals surface area (Å²) >= 11 is 0. The number of carboxylic acids is 1. The van der Waals surface area contributed by atoms with E-state index in [2.05, 4.69) is 0 Å². The van der Waals surface area contributed by atoms with Crippen LogP contribution in [0, 0.1) is 0 Å². The Bertz CT molecular complexity index is 757. The number of rotatable bonds is 5. The molecule has 0 bridgehead atoms. The van der Waals surface area contributed by atoms with Crippen LogP contribution in [0.4, 0.5) is 0 Å². The molecule has 8 nitrogen and oxygen atoms in total. The lowest BCUT2D eigenvalue weighted by atomic mass is 10.0. The van der Waals surface area contributed by atoms with E-state index in [-0.39, 0.29) is 10.5 Å². The van der Waals surface area contributed by atoms with Crippen LogP contribution in [-0.2, 0) is 19.4 Å².